The Hall–Kier alpha value is -6.43. The van der Waals surface area contributed by atoms with Crippen LogP contribution in [0.4, 0.5) is 11.4 Å². The molecule has 4 nitrogen and oxygen atoms in total. The number of hydrogen-bond donors (Lipinski definition) is 0. The first kappa shape index (κ1) is 33.9. The summed E-state index contributed by atoms with van der Waals surface area (Å²) in [6.45, 7) is 0. The third-order valence-electron chi connectivity index (χ3n) is 12.1. The van der Waals surface area contributed by atoms with E-state index in [0.29, 0.717) is 11.7 Å². The molecule has 0 bridgehead atoms. The molecule has 2 aliphatic carbocycles. The summed E-state index contributed by atoms with van der Waals surface area (Å²) in [5, 5.41) is 0.00347. The summed E-state index contributed by atoms with van der Waals surface area (Å²) in [6, 6.07) is 53.9. The number of para-hydroxylation sites is 1. The number of allylic oxidation sites excluding steroid dienone is 4. The Morgan fingerprint density at radius 2 is 1.21 bits per heavy atom. The van der Waals surface area contributed by atoms with Crippen molar-refractivity contribution in [2.24, 2.45) is 0 Å². The summed E-state index contributed by atoms with van der Waals surface area (Å²) in [6.07, 6.45) is 15.4. The number of benzene rings is 6. The molecule has 5 heteroatoms. The van der Waals surface area contributed by atoms with Gasteiger partial charge in [-0.3, -0.25) is 4.21 Å². The van der Waals surface area contributed by atoms with E-state index >= 15 is 0 Å². The summed E-state index contributed by atoms with van der Waals surface area (Å²) >= 11 is 0. The normalized spacial score (nSPS) is 21.2. The molecule has 11 rings (SSSR count). The summed E-state index contributed by atoms with van der Waals surface area (Å²) in [4.78, 5) is 13.8. The maximum Gasteiger partial charge on any atom is 0.160 e. The Bertz CT molecular complexity index is 2730. The molecule has 0 radical (unpaired) electrons. The first-order valence-electron chi connectivity index (χ1n) is 19.9. The largest absolute Gasteiger partial charge is 0.333 e. The van der Waals surface area contributed by atoms with Gasteiger partial charge in [0, 0.05) is 39.8 Å². The predicted octanol–water partition coefficient (Wildman–Crippen LogP) is 12.5. The molecule has 57 heavy (non-hydrogen) atoms. The Kier molecular flexibility index (Phi) is 8.29. The Morgan fingerprint density at radius 3 is 1.96 bits per heavy atom. The standard InChI is InChI=1S/C52H39N3OS/c56-57-49-27-10-8-21-43(49)45-25-13-23-41(51(45)57)34-28-30-39(31-29-34)55-48-26-9-7-20-42(48)44-24-12-22-40(50(44)55)37-18-11-19-38(32-37)52-53-46(35-14-3-1-4-15-35)33-47(54-52)36-16-5-2-6-17-36/h1-6,8-19,21-33,42-43,48-49H,7,20H2/t42?,43?,48?,49?,57-/m0/s1. The molecule has 0 fully saturated rings. The van der Waals surface area contributed by atoms with Crippen LogP contribution in [0.1, 0.15) is 35.8 Å². The van der Waals surface area contributed by atoms with Gasteiger partial charge in [0.2, 0.25) is 0 Å². The van der Waals surface area contributed by atoms with Crippen LogP contribution in [0.25, 0.3) is 56.2 Å². The van der Waals surface area contributed by atoms with Crippen LogP contribution < -0.4 is 4.90 Å². The van der Waals surface area contributed by atoms with Crippen molar-refractivity contribution in [2.45, 2.75) is 40.9 Å². The van der Waals surface area contributed by atoms with Crippen LogP contribution >= 0.6 is 0 Å². The molecule has 5 atom stereocenters. The highest BCUT2D eigenvalue weighted by Gasteiger charge is 2.41. The van der Waals surface area contributed by atoms with E-state index in [0.717, 1.165) is 68.2 Å². The zero-order valence-electron chi connectivity index (χ0n) is 31.3. The number of nitrogens with zero attached hydrogens (tertiary/aromatic N) is 3. The molecule has 0 saturated heterocycles. The van der Waals surface area contributed by atoms with Gasteiger partial charge in [0.05, 0.1) is 44.1 Å². The minimum atomic E-state index is -1.10. The van der Waals surface area contributed by atoms with Crippen LogP contribution in [0, 0.1) is 0 Å². The molecule has 4 unspecified atom stereocenters. The lowest BCUT2D eigenvalue weighted by atomic mass is 9.86. The lowest BCUT2D eigenvalue weighted by molar-refractivity contribution is 0.573. The summed E-state index contributed by atoms with van der Waals surface area (Å²) in [5.41, 5.74) is 14.4. The average molecular weight is 754 g/mol. The van der Waals surface area contributed by atoms with E-state index in [9.17, 15) is 4.21 Å². The van der Waals surface area contributed by atoms with Crippen LogP contribution in [0.3, 0.4) is 0 Å². The Labute approximate surface area is 336 Å². The maximum absolute atomic E-state index is 13.8. The summed E-state index contributed by atoms with van der Waals surface area (Å²) < 4.78 is 13.8. The molecule has 0 saturated carbocycles. The number of aromatic nitrogens is 2. The Morgan fingerprint density at radius 1 is 0.561 bits per heavy atom. The molecule has 7 aromatic rings. The van der Waals surface area contributed by atoms with E-state index in [-0.39, 0.29) is 17.2 Å². The van der Waals surface area contributed by atoms with Gasteiger partial charge in [-0.05, 0) is 64.9 Å². The summed E-state index contributed by atoms with van der Waals surface area (Å²) in [7, 11) is -1.10. The molecular weight excluding hydrogens is 715 g/mol. The van der Waals surface area contributed by atoms with Crippen molar-refractivity contribution < 1.29 is 4.21 Å². The molecule has 2 aliphatic heterocycles. The highest BCUT2D eigenvalue weighted by molar-refractivity contribution is 7.86. The van der Waals surface area contributed by atoms with Crippen LogP contribution in [0.2, 0.25) is 0 Å². The van der Waals surface area contributed by atoms with Crippen molar-refractivity contribution in [3.63, 3.8) is 0 Å². The zero-order chi connectivity index (χ0) is 37.9. The van der Waals surface area contributed by atoms with Crippen molar-refractivity contribution in [1.82, 2.24) is 9.97 Å². The molecule has 3 heterocycles. The third kappa shape index (κ3) is 5.76. The fourth-order valence-electron chi connectivity index (χ4n) is 9.43. The van der Waals surface area contributed by atoms with Crippen molar-refractivity contribution in [3.8, 4) is 56.2 Å². The highest BCUT2D eigenvalue weighted by atomic mass is 32.2. The van der Waals surface area contributed by atoms with Crippen molar-refractivity contribution >= 4 is 22.2 Å². The van der Waals surface area contributed by atoms with Crippen molar-refractivity contribution in [1.29, 1.82) is 0 Å². The number of hydrogen-bond acceptors (Lipinski definition) is 4. The van der Waals surface area contributed by atoms with E-state index in [1.165, 1.54) is 22.4 Å². The van der Waals surface area contributed by atoms with Gasteiger partial charge in [-0.25, -0.2) is 9.97 Å². The quantitative estimate of drug-likeness (QED) is 0.159. The van der Waals surface area contributed by atoms with E-state index in [1.54, 1.807) is 0 Å². The topological polar surface area (TPSA) is 46.1 Å². The highest BCUT2D eigenvalue weighted by Crippen LogP contribution is 2.53. The van der Waals surface area contributed by atoms with Gasteiger partial charge in [0.15, 0.2) is 5.82 Å². The first-order chi connectivity index (χ1) is 28.2. The van der Waals surface area contributed by atoms with Crippen LogP contribution in [-0.2, 0) is 10.8 Å². The molecule has 1 aromatic heterocycles. The molecule has 274 valence electrons. The van der Waals surface area contributed by atoms with Gasteiger partial charge in [0.1, 0.15) is 0 Å². The maximum atomic E-state index is 13.8. The van der Waals surface area contributed by atoms with Gasteiger partial charge in [-0.2, -0.15) is 0 Å². The van der Waals surface area contributed by atoms with E-state index in [2.05, 4.69) is 175 Å². The van der Waals surface area contributed by atoms with Gasteiger partial charge in [0.25, 0.3) is 0 Å². The molecule has 0 spiro atoms. The number of rotatable bonds is 6. The van der Waals surface area contributed by atoms with Gasteiger partial charge in [-0.1, -0.05) is 164 Å². The molecular formula is C52H39N3OS. The van der Waals surface area contributed by atoms with E-state index in [1.807, 2.05) is 18.2 Å². The number of anilines is 2. The number of fused-ring (bicyclic) bond motifs is 6. The van der Waals surface area contributed by atoms with E-state index < -0.39 is 10.8 Å². The monoisotopic (exact) mass is 753 g/mol. The molecule has 0 N–H and O–H groups in total. The second-order valence-corrected chi connectivity index (χ2v) is 16.9. The smallest absolute Gasteiger partial charge is 0.160 e. The minimum absolute atomic E-state index is 0.00347. The molecule has 6 aromatic carbocycles. The average Bonchev–Trinajstić information content (AvgIpc) is 3.79. The Balaban J connectivity index is 1.00. The van der Waals surface area contributed by atoms with Gasteiger partial charge >= 0.3 is 0 Å². The van der Waals surface area contributed by atoms with Crippen molar-refractivity contribution in [2.75, 3.05) is 4.90 Å². The minimum Gasteiger partial charge on any atom is -0.333 e. The van der Waals surface area contributed by atoms with Gasteiger partial charge < -0.3 is 4.90 Å². The zero-order valence-corrected chi connectivity index (χ0v) is 32.1. The van der Waals surface area contributed by atoms with Gasteiger partial charge in [-0.15, -0.1) is 0 Å². The first-order valence-corrected chi connectivity index (χ1v) is 21.1. The fraction of sp³-hybridized carbons (Fsp3) is 0.115. The van der Waals surface area contributed by atoms with Crippen molar-refractivity contribution in [3.05, 3.63) is 199 Å². The second kappa shape index (κ2) is 13.9. The third-order valence-corrected chi connectivity index (χ3v) is 13.9. The lowest BCUT2D eigenvalue weighted by Gasteiger charge is -2.31. The SMILES string of the molecule is O=[S@@]1c2c(-c3ccc(N4c5c(-c6cccc(-c7nc(-c8ccccc8)cc(-c8ccccc8)n7)c6)cccc5C5CCC=CC54)cc3)cccc2C2C=CC=CC21. The van der Waals surface area contributed by atoms with E-state index in [4.69, 9.17) is 9.97 Å². The van der Waals surface area contributed by atoms with Crippen LogP contribution in [-0.4, -0.2) is 25.5 Å². The predicted molar refractivity (Wildman–Crippen MR) is 234 cm³/mol. The summed E-state index contributed by atoms with van der Waals surface area (Å²) in [5.74, 6) is 1.27. The molecule has 0 amide bonds. The second-order valence-electron chi connectivity index (χ2n) is 15.3. The van der Waals surface area contributed by atoms with Crippen LogP contribution in [0.15, 0.2) is 193 Å². The van der Waals surface area contributed by atoms with Crippen LogP contribution in [0.5, 0.6) is 0 Å². The lowest BCUT2D eigenvalue weighted by Crippen LogP contribution is -2.29. The fourth-order valence-corrected chi connectivity index (χ4v) is 11.3. The molecule has 4 aliphatic rings.